The van der Waals surface area contributed by atoms with Crippen LogP contribution in [0, 0.1) is 0 Å². The van der Waals surface area contributed by atoms with E-state index >= 15 is 0 Å². The summed E-state index contributed by atoms with van der Waals surface area (Å²) in [4.78, 5) is 12.8. The molecule has 3 aromatic carbocycles. The van der Waals surface area contributed by atoms with Crippen molar-refractivity contribution in [1.82, 2.24) is 4.90 Å². The van der Waals surface area contributed by atoms with Gasteiger partial charge in [0.25, 0.3) is 10.0 Å². The van der Waals surface area contributed by atoms with Gasteiger partial charge in [-0.25, -0.2) is 13.2 Å². The molecule has 1 atom stereocenters. The molecular weight excluding hydrogens is 549 g/mol. The summed E-state index contributed by atoms with van der Waals surface area (Å²) in [6.45, 7) is 1.12. The molecule has 0 radical (unpaired) electrons. The fourth-order valence-electron chi connectivity index (χ4n) is 3.85. The zero-order valence-electron chi connectivity index (χ0n) is 19.8. The summed E-state index contributed by atoms with van der Waals surface area (Å²) in [6.07, 6.45) is -4.61. The largest absolute Gasteiger partial charge is 0.488 e. The van der Waals surface area contributed by atoms with Crippen molar-refractivity contribution in [3.05, 3.63) is 76.8 Å². The summed E-state index contributed by atoms with van der Waals surface area (Å²) in [5.74, 6) is -1.38. The lowest BCUT2D eigenvalue weighted by Crippen LogP contribution is -2.23. The van der Waals surface area contributed by atoms with Gasteiger partial charge in [0, 0.05) is 19.2 Å². The Hall–Kier alpha value is -3.48. The van der Waals surface area contributed by atoms with E-state index in [1.54, 1.807) is 0 Å². The third-order valence-corrected chi connectivity index (χ3v) is 7.38. The summed E-state index contributed by atoms with van der Waals surface area (Å²) in [5.41, 5.74) is -1.14. The van der Waals surface area contributed by atoms with Crippen molar-refractivity contribution in [3.63, 3.8) is 0 Å². The van der Waals surface area contributed by atoms with Gasteiger partial charge in [0.2, 0.25) is 0 Å². The standard InChI is InChI=1S/C25H22ClF3N2O6S/c1-31-10-9-18(14-31)37-23-12-16(5-7-20(23)25(27,28)29)30-38(34,35)19-6-8-22(21(26)13-19)36-17-4-2-3-15(11-17)24(32)33/h2-8,11-13,18,30H,9-10,14H2,1H3,(H,32,33)/t18-/m1/s1. The predicted octanol–water partition coefficient (Wildman–Crippen LogP) is 5.73. The Morgan fingerprint density at radius 2 is 1.87 bits per heavy atom. The smallest absolute Gasteiger partial charge is 0.419 e. The van der Waals surface area contributed by atoms with Gasteiger partial charge in [0.05, 0.1) is 26.7 Å². The molecule has 1 aliphatic rings. The Kier molecular flexibility index (Phi) is 7.77. The van der Waals surface area contributed by atoms with Crippen LogP contribution < -0.4 is 14.2 Å². The number of carboxylic acids is 1. The molecule has 1 aliphatic heterocycles. The van der Waals surface area contributed by atoms with Crippen molar-refractivity contribution in [2.24, 2.45) is 0 Å². The predicted molar refractivity (Wildman–Crippen MR) is 134 cm³/mol. The minimum Gasteiger partial charge on any atom is -0.488 e. The highest BCUT2D eigenvalue weighted by molar-refractivity contribution is 7.92. The molecule has 0 amide bonds. The number of alkyl halides is 3. The molecule has 0 bridgehead atoms. The molecule has 2 N–H and O–H groups in total. The number of nitrogens with one attached hydrogen (secondary N) is 1. The summed E-state index contributed by atoms with van der Waals surface area (Å²) < 4.78 is 80.0. The molecule has 202 valence electrons. The quantitative estimate of drug-likeness (QED) is 0.356. The first-order valence-corrected chi connectivity index (χ1v) is 13.1. The van der Waals surface area contributed by atoms with E-state index in [4.69, 9.17) is 26.2 Å². The first kappa shape index (κ1) is 27.6. The van der Waals surface area contributed by atoms with E-state index in [1.165, 1.54) is 36.4 Å². The van der Waals surface area contributed by atoms with Gasteiger partial charge in [0.15, 0.2) is 0 Å². The van der Waals surface area contributed by atoms with Gasteiger partial charge in [-0.15, -0.1) is 0 Å². The maximum atomic E-state index is 13.5. The Morgan fingerprint density at radius 1 is 1.11 bits per heavy atom. The number of hydrogen-bond donors (Lipinski definition) is 2. The number of rotatable bonds is 8. The minimum atomic E-state index is -4.69. The number of benzene rings is 3. The maximum Gasteiger partial charge on any atom is 0.419 e. The average molecular weight is 571 g/mol. The lowest BCUT2D eigenvalue weighted by Gasteiger charge is -2.19. The zero-order valence-corrected chi connectivity index (χ0v) is 21.4. The van der Waals surface area contributed by atoms with Gasteiger partial charge < -0.3 is 19.5 Å². The van der Waals surface area contributed by atoms with Gasteiger partial charge in [-0.3, -0.25) is 4.72 Å². The van der Waals surface area contributed by atoms with Crippen molar-refractivity contribution in [3.8, 4) is 17.2 Å². The summed E-state index contributed by atoms with van der Waals surface area (Å²) >= 11 is 6.21. The van der Waals surface area contributed by atoms with Crippen LogP contribution in [-0.2, 0) is 16.2 Å². The normalized spacial score (nSPS) is 16.3. The van der Waals surface area contributed by atoms with Crippen molar-refractivity contribution < 1.29 is 41.0 Å². The number of likely N-dealkylation sites (tertiary alicyclic amines) is 1. The highest BCUT2D eigenvalue weighted by Gasteiger charge is 2.36. The first-order chi connectivity index (χ1) is 17.8. The van der Waals surface area contributed by atoms with E-state index in [2.05, 4.69) is 4.72 Å². The molecule has 0 unspecified atom stereocenters. The number of carboxylic acid groups (broad SMARTS) is 1. The molecule has 0 spiro atoms. The number of carbonyl (C=O) groups is 1. The number of likely N-dealkylation sites (N-methyl/N-ethyl adjacent to an activating group) is 1. The van der Waals surface area contributed by atoms with Gasteiger partial charge in [-0.1, -0.05) is 17.7 Å². The fourth-order valence-corrected chi connectivity index (χ4v) is 5.21. The van der Waals surface area contributed by atoms with Crippen LogP contribution in [0.3, 0.4) is 0 Å². The summed E-state index contributed by atoms with van der Waals surface area (Å²) in [7, 11) is -2.43. The molecule has 8 nitrogen and oxygen atoms in total. The van der Waals surface area contributed by atoms with Crippen LogP contribution in [0.15, 0.2) is 65.6 Å². The Bertz CT molecular complexity index is 1470. The second kappa shape index (κ2) is 10.7. The minimum absolute atomic E-state index is 0.0122. The molecule has 4 rings (SSSR count). The van der Waals surface area contributed by atoms with Gasteiger partial charge in [0.1, 0.15) is 23.4 Å². The van der Waals surface area contributed by atoms with E-state index in [1.807, 2.05) is 11.9 Å². The third-order valence-electron chi connectivity index (χ3n) is 5.70. The third kappa shape index (κ3) is 6.50. The second-order valence-electron chi connectivity index (χ2n) is 8.63. The molecule has 13 heteroatoms. The SMILES string of the molecule is CN1CC[C@@H](Oc2cc(NS(=O)(=O)c3ccc(Oc4cccc(C(=O)O)c4)c(Cl)c3)ccc2C(F)(F)F)C1. The van der Waals surface area contributed by atoms with E-state index < -0.39 is 39.6 Å². The first-order valence-electron chi connectivity index (χ1n) is 11.2. The number of halogens is 4. The lowest BCUT2D eigenvalue weighted by molar-refractivity contribution is -0.139. The number of ether oxygens (including phenoxy) is 2. The van der Waals surface area contributed by atoms with Crippen molar-refractivity contribution in [2.75, 3.05) is 24.9 Å². The summed E-state index contributed by atoms with van der Waals surface area (Å²) in [6, 6.07) is 12.0. The topological polar surface area (TPSA) is 105 Å². The Morgan fingerprint density at radius 3 is 2.50 bits per heavy atom. The molecular formula is C25H22ClF3N2O6S. The molecule has 38 heavy (non-hydrogen) atoms. The van der Waals surface area contributed by atoms with Gasteiger partial charge >= 0.3 is 12.1 Å². The van der Waals surface area contributed by atoms with Crippen LogP contribution in [-0.4, -0.2) is 50.6 Å². The Labute approximate surface area is 221 Å². The van der Waals surface area contributed by atoms with Crippen LogP contribution in [0.5, 0.6) is 17.2 Å². The van der Waals surface area contributed by atoms with Crippen LogP contribution in [0.1, 0.15) is 22.3 Å². The number of nitrogens with zero attached hydrogens (tertiary/aromatic N) is 1. The number of anilines is 1. The van der Waals surface area contributed by atoms with Crippen molar-refractivity contribution >= 4 is 33.3 Å². The maximum absolute atomic E-state index is 13.5. The molecule has 1 saturated heterocycles. The number of hydrogen-bond acceptors (Lipinski definition) is 6. The van der Waals surface area contributed by atoms with E-state index in [9.17, 15) is 26.4 Å². The van der Waals surface area contributed by atoms with Crippen LogP contribution in [0.25, 0.3) is 0 Å². The molecule has 0 aliphatic carbocycles. The molecule has 0 saturated carbocycles. The monoisotopic (exact) mass is 570 g/mol. The van der Waals surface area contributed by atoms with E-state index in [0.717, 1.165) is 24.3 Å². The van der Waals surface area contributed by atoms with Crippen LogP contribution in [0.2, 0.25) is 5.02 Å². The van der Waals surface area contributed by atoms with Gasteiger partial charge in [-0.2, -0.15) is 13.2 Å². The highest BCUT2D eigenvalue weighted by atomic mass is 35.5. The second-order valence-corrected chi connectivity index (χ2v) is 10.7. The lowest BCUT2D eigenvalue weighted by atomic mass is 10.1. The van der Waals surface area contributed by atoms with Crippen molar-refractivity contribution in [1.29, 1.82) is 0 Å². The van der Waals surface area contributed by atoms with Crippen LogP contribution in [0.4, 0.5) is 18.9 Å². The summed E-state index contributed by atoms with van der Waals surface area (Å²) in [5, 5.41) is 9.02. The molecule has 0 aromatic heterocycles. The van der Waals surface area contributed by atoms with Crippen LogP contribution >= 0.6 is 11.6 Å². The zero-order chi connectivity index (χ0) is 27.7. The fraction of sp³-hybridized carbons (Fsp3) is 0.240. The molecule has 3 aromatic rings. The van der Waals surface area contributed by atoms with Crippen molar-refractivity contribution in [2.45, 2.75) is 23.6 Å². The molecule has 1 heterocycles. The highest BCUT2D eigenvalue weighted by Crippen LogP contribution is 2.39. The van der Waals surface area contributed by atoms with Gasteiger partial charge in [-0.05, 0) is 62.0 Å². The number of aromatic carboxylic acids is 1. The molecule has 1 fully saturated rings. The van der Waals surface area contributed by atoms with E-state index in [0.29, 0.717) is 19.5 Å². The number of sulfonamides is 1. The van der Waals surface area contributed by atoms with E-state index in [-0.39, 0.29) is 32.7 Å². The Balaban J connectivity index is 1.55. The average Bonchev–Trinajstić information content (AvgIpc) is 3.24.